The van der Waals surface area contributed by atoms with E-state index >= 15 is 0 Å². The fourth-order valence-electron chi connectivity index (χ4n) is 0.325. The van der Waals surface area contributed by atoms with E-state index in [2.05, 4.69) is 0 Å². The zero-order valence-electron chi connectivity index (χ0n) is 3.76. The van der Waals surface area contributed by atoms with Crippen molar-refractivity contribution in [3.8, 4) is 10.8 Å². The van der Waals surface area contributed by atoms with E-state index in [1.165, 1.54) is 5.38 Å². The van der Waals surface area contributed by atoms with Gasteiger partial charge in [0.2, 0.25) is 0 Å². The molecule has 0 aliphatic rings. The zero-order chi connectivity index (χ0) is 6.15. The quantitative estimate of drug-likeness (QED) is 0.592. The maximum atomic E-state index is 8.67. The minimum Gasteiger partial charge on any atom is -0.505 e. The van der Waals surface area contributed by atoms with Crippen molar-refractivity contribution in [3.63, 3.8) is 0 Å². The summed E-state index contributed by atoms with van der Waals surface area (Å²) in [6.07, 6.45) is 0. The van der Waals surface area contributed by atoms with Gasteiger partial charge in [-0.15, -0.1) is 11.3 Å². The molecule has 2 nitrogen and oxygen atoms in total. The summed E-state index contributed by atoms with van der Waals surface area (Å²) in [5.41, 5.74) is 0. The van der Waals surface area contributed by atoms with E-state index in [1.54, 1.807) is 0 Å². The third kappa shape index (κ3) is 0.743. The minimum atomic E-state index is -0.0610. The molecule has 0 saturated carbocycles. The Labute approximate surface area is 55.0 Å². The second-order valence-electron chi connectivity index (χ2n) is 1.24. The van der Waals surface area contributed by atoms with Crippen molar-refractivity contribution in [1.29, 1.82) is 0 Å². The van der Waals surface area contributed by atoms with Crippen LogP contribution in [0.3, 0.4) is 0 Å². The maximum Gasteiger partial charge on any atom is 0.194 e. The average Bonchev–Trinajstić information content (AvgIpc) is 1.98. The van der Waals surface area contributed by atoms with E-state index in [0.717, 1.165) is 11.3 Å². The van der Waals surface area contributed by atoms with Crippen LogP contribution in [-0.4, -0.2) is 10.2 Å². The molecule has 0 atom stereocenters. The SMILES string of the molecule is Oc1csc(O)c1Cl. The van der Waals surface area contributed by atoms with Crippen LogP contribution >= 0.6 is 22.9 Å². The minimum absolute atomic E-state index is 0.0370. The Morgan fingerprint density at radius 3 is 2.25 bits per heavy atom. The molecule has 0 aromatic carbocycles. The van der Waals surface area contributed by atoms with Crippen molar-refractivity contribution in [2.45, 2.75) is 0 Å². The van der Waals surface area contributed by atoms with Crippen LogP contribution in [-0.2, 0) is 0 Å². The molecule has 0 saturated heterocycles. The lowest BCUT2D eigenvalue weighted by Gasteiger charge is -1.81. The molecule has 0 radical (unpaired) electrons. The number of thiophene rings is 1. The third-order valence-electron chi connectivity index (χ3n) is 0.695. The molecule has 1 rings (SSSR count). The predicted molar refractivity (Wildman–Crippen MR) is 32.7 cm³/mol. The van der Waals surface area contributed by atoms with E-state index in [0.29, 0.717) is 0 Å². The Hall–Kier alpha value is -0.410. The lowest BCUT2D eigenvalue weighted by Crippen LogP contribution is -1.53. The van der Waals surface area contributed by atoms with Gasteiger partial charge in [-0.25, -0.2) is 0 Å². The number of halogens is 1. The summed E-state index contributed by atoms with van der Waals surface area (Å²) in [6, 6.07) is 0. The lowest BCUT2D eigenvalue weighted by atomic mass is 10.6. The second-order valence-corrected chi connectivity index (χ2v) is 2.48. The molecule has 0 amide bonds. The van der Waals surface area contributed by atoms with Crippen molar-refractivity contribution in [1.82, 2.24) is 0 Å². The van der Waals surface area contributed by atoms with Gasteiger partial charge in [0.05, 0.1) is 0 Å². The van der Waals surface area contributed by atoms with Crippen molar-refractivity contribution >= 4 is 22.9 Å². The van der Waals surface area contributed by atoms with Gasteiger partial charge in [0, 0.05) is 5.38 Å². The smallest absolute Gasteiger partial charge is 0.194 e. The summed E-state index contributed by atoms with van der Waals surface area (Å²) in [5.74, 6) is -0.0610. The van der Waals surface area contributed by atoms with Gasteiger partial charge in [-0.2, -0.15) is 0 Å². The average molecular weight is 151 g/mol. The summed E-state index contributed by atoms with van der Waals surface area (Å²) in [5, 5.41) is 18.7. The van der Waals surface area contributed by atoms with Crippen LogP contribution in [0.4, 0.5) is 0 Å². The molecule has 2 N–H and O–H groups in total. The summed E-state index contributed by atoms with van der Waals surface area (Å²) in [4.78, 5) is 0. The molecule has 0 fully saturated rings. The molecule has 44 valence electrons. The van der Waals surface area contributed by atoms with Gasteiger partial charge < -0.3 is 10.2 Å². The van der Waals surface area contributed by atoms with Gasteiger partial charge in [0.1, 0.15) is 10.8 Å². The van der Waals surface area contributed by atoms with E-state index in [4.69, 9.17) is 21.8 Å². The first-order valence-electron chi connectivity index (χ1n) is 1.86. The molecule has 4 heteroatoms. The highest BCUT2D eigenvalue weighted by Gasteiger charge is 2.04. The summed E-state index contributed by atoms with van der Waals surface area (Å²) in [7, 11) is 0. The van der Waals surface area contributed by atoms with Crippen molar-refractivity contribution in [2.75, 3.05) is 0 Å². The summed E-state index contributed by atoms with van der Waals surface area (Å²) in [6.45, 7) is 0. The standard InChI is InChI=1S/C4H3ClO2S/c5-3-2(6)1-8-4(3)7/h1,6-7H. The topological polar surface area (TPSA) is 40.5 Å². The van der Waals surface area contributed by atoms with Gasteiger partial charge in [0.15, 0.2) is 5.06 Å². The van der Waals surface area contributed by atoms with Crippen molar-refractivity contribution in [3.05, 3.63) is 10.4 Å². The van der Waals surface area contributed by atoms with Gasteiger partial charge in [-0.1, -0.05) is 11.6 Å². The first kappa shape index (κ1) is 5.72. The summed E-state index contributed by atoms with van der Waals surface area (Å²) >= 11 is 6.31. The Kier molecular flexibility index (Phi) is 1.31. The number of hydrogen-bond acceptors (Lipinski definition) is 3. The zero-order valence-corrected chi connectivity index (χ0v) is 5.33. The van der Waals surface area contributed by atoms with Crippen LogP contribution in [0.1, 0.15) is 0 Å². The molecule has 1 aromatic heterocycles. The van der Waals surface area contributed by atoms with E-state index in [-0.39, 0.29) is 15.8 Å². The van der Waals surface area contributed by atoms with Gasteiger partial charge >= 0.3 is 0 Å². The summed E-state index contributed by atoms with van der Waals surface area (Å²) < 4.78 is 0. The third-order valence-corrected chi connectivity index (χ3v) is 1.95. The number of rotatable bonds is 0. The molecule has 0 aliphatic heterocycles. The number of hydrogen-bond donors (Lipinski definition) is 2. The molecule has 0 unspecified atom stereocenters. The molecule has 1 aromatic rings. The molecule has 0 aliphatic carbocycles. The fraction of sp³-hybridized carbons (Fsp3) is 0. The Morgan fingerprint density at radius 2 is 2.12 bits per heavy atom. The molecule has 1 heterocycles. The molecular formula is C4H3ClO2S. The van der Waals surface area contributed by atoms with E-state index < -0.39 is 0 Å². The van der Waals surface area contributed by atoms with Crippen LogP contribution in [0.2, 0.25) is 5.02 Å². The van der Waals surface area contributed by atoms with Crippen molar-refractivity contribution < 1.29 is 10.2 Å². The Balaban J connectivity index is 3.19. The molecule has 8 heavy (non-hydrogen) atoms. The van der Waals surface area contributed by atoms with Gasteiger partial charge in [-0.3, -0.25) is 0 Å². The van der Waals surface area contributed by atoms with Crippen LogP contribution in [0, 0.1) is 0 Å². The van der Waals surface area contributed by atoms with Gasteiger partial charge in [0.25, 0.3) is 0 Å². The maximum absolute atomic E-state index is 8.67. The number of aromatic hydroxyl groups is 2. The first-order chi connectivity index (χ1) is 3.72. The lowest BCUT2D eigenvalue weighted by molar-refractivity contribution is 0.465. The highest BCUT2D eigenvalue weighted by Crippen LogP contribution is 2.38. The highest BCUT2D eigenvalue weighted by atomic mass is 35.5. The van der Waals surface area contributed by atoms with Crippen LogP contribution < -0.4 is 0 Å². The Bertz CT molecular complexity index is 176. The Morgan fingerprint density at radius 1 is 1.50 bits per heavy atom. The monoisotopic (exact) mass is 150 g/mol. The molecule has 0 bridgehead atoms. The van der Waals surface area contributed by atoms with Crippen LogP contribution in [0.15, 0.2) is 5.38 Å². The largest absolute Gasteiger partial charge is 0.505 e. The normalized spacial score (nSPS) is 9.62. The van der Waals surface area contributed by atoms with Crippen molar-refractivity contribution in [2.24, 2.45) is 0 Å². The van der Waals surface area contributed by atoms with Crippen LogP contribution in [0.5, 0.6) is 10.8 Å². The fourth-order valence-corrected chi connectivity index (χ4v) is 1.13. The van der Waals surface area contributed by atoms with E-state index in [9.17, 15) is 0 Å². The highest BCUT2D eigenvalue weighted by molar-refractivity contribution is 7.12. The second kappa shape index (κ2) is 1.84. The predicted octanol–water partition coefficient (Wildman–Crippen LogP) is 1.81. The molecular weight excluding hydrogens is 148 g/mol. The van der Waals surface area contributed by atoms with Gasteiger partial charge in [-0.05, 0) is 0 Å². The molecule has 0 spiro atoms. The van der Waals surface area contributed by atoms with E-state index in [1.807, 2.05) is 0 Å². The van der Waals surface area contributed by atoms with Crippen LogP contribution in [0.25, 0.3) is 0 Å². The first-order valence-corrected chi connectivity index (χ1v) is 3.12.